The van der Waals surface area contributed by atoms with Crippen molar-refractivity contribution in [1.29, 1.82) is 0 Å². The Morgan fingerprint density at radius 3 is 2.47 bits per heavy atom. The highest BCUT2D eigenvalue weighted by molar-refractivity contribution is 5.81. The summed E-state index contributed by atoms with van der Waals surface area (Å²) in [6, 6.07) is -0.0749. The van der Waals surface area contributed by atoms with Gasteiger partial charge in [-0.3, -0.25) is 9.69 Å². The normalized spacial score (nSPS) is 21.2. The van der Waals surface area contributed by atoms with Crippen LogP contribution < -0.4 is 11.1 Å². The molecule has 0 spiro atoms. The molecule has 1 amide bonds. The van der Waals surface area contributed by atoms with Crippen LogP contribution in [-0.4, -0.2) is 55.7 Å². The first-order chi connectivity index (χ1) is 8.02. The van der Waals surface area contributed by atoms with Gasteiger partial charge in [-0.15, -0.1) is 0 Å². The third-order valence-electron chi connectivity index (χ3n) is 3.26. The molecule has 0 bridgehead atoms. The number of nitrogens with two attached hydrogens (primary N) is 1. The van der Waals surface area contributed by atoms with Crippen molar-refractivity contribution in [1.82, 2.24) is 10.2 Å². The van der Waals surface area contributed by atoms with Gasteiger partial charge in [0.2, 0.25) is 5.91 Å². The first kappa shape index (κ1) is 14.4. The van der Waals surface area contributed by atoms with Crippen LogP contribution in [0, 0.1) is 5.92 Å². The molecular weight excluding hydrogens is 218 g/mol. The fraction of sp³-hybridized carbons (Fsp3) is 0.917. The summed E-state index contributed by atoms with van der Waals surface area (Å²) < 4.78 is 5.30. The van der Waals surface area contributed by atoms with Crippen LogP contribution in [0.5, 0.6) is 0 Å². The zero-order valence-electron chi connectivity index (χ0n) is 11.1. The van der Waals surface area contributed by atoms with Gasteiger partial charge in [0.25, 0.3) is 0 Å². The van der Waals surface area contributed by atoms with E-state index in [-0.39, 0.29) is 11.8 Å². The van der Waals surface area contributed by atoms with Gasteiger partial charge in [-0.2, -0.15) is 0 Å². The van der Waals surface area contributed by atoms with E-state index < -0.39 is 6.04 Å². The molecule has 1 aliphatic heterocycles. The van der Waals surface area contributed by atoms with Crippen LogP contribution in [0.4, 0.5) is 0 Å². The minimum absolute atomic E-state index is 0.0555. The number of morpholine rings is 1. The molecule has 0 saturated carbocycles. The Morgan fingerprint density at radius 2 is 1.94 bits per heavy atom. The number of amides is 1. The quantitative estimate of drug-likeness (QED) is 0.702. The number of ether oxygens (including phenoxy) is 1. The highest BCUT2D eigenvalue weighted by Gasteiger charge is 2.20. The SMILES string of the molecule is CC(C)[C@H](N)C(=O)NCC(C)N1CCOCC1. The second-order valence-electron chi connectivity index (χ2n) is 5.01. The Balaban J connectivity index is 2.27. The molecule has 1 rings (SSSR count). The summed E-state index contributed by atoms with van der Waals surface area (Å²) in [7, 11) is 0. The van der Waals surface area contributed by atoms with Crippen molar-refractivity contribution in [3.8, 4) is 0 Å². The third kappa shape index (κ3) is 4.61. The summed E-state index contributed by atoms with van der Waals surface area (Å²) in [5.41, 5.74) is 5.78. The molecule has 1 fully saturated rings. The number of hydrogen-bond acceptors (Lipinski definition) is 4. The molecule has 5 nitrogen and oxygen atoms in total. The summed E-state index contributed by atoms with van der Waals surface area (Å²) in [6.45, 7) is 10.1. The van der Waals surface area contributed by atoms with Crippen molar-refractivity contribution >= 4 is 5.91 Å². The standard InChI is InChI=1S/C12H25N3O2/c1-9(2)11(13)12(16)14-8-10(3)15-4-6-17-7-5-15/h9-11H,4-8,13H2,1-3H3,(H,14,16)/t10?,11-/m0/s1. The zero-order chi connectivity index (χ0) is 12.8. The third-order valence-corrected chi connectivity index (χ3v) is 3.26. The van der Waals surface area contributed by atoms with Crippen LogP contribution >= 0.6 is 0 Å². The van der Waals surface area contributed by atoms with Crippen molar-refractivity contribution in [2.24, 2.45) is 11.7 Å². The number of rotatable bonds is 5. The molecule has 1 unspecified atom stereocenters. The zero-order valence-corrected chi connectivity index (χ0v) is 11.1. The molecule has 0 radical (unpaired) electrons. The van der Waals surface area contributed by atoms with Gasteiger partial charge in [0.05, 0.1) is 19.3 Å². The van der Waals surface area contributed by atoms with E-state index in [2.05, 4.69) is 17.1 Å². The van der Waals surface area contributed by atoms with Gasteiger partial charge >= 0.3 is 0 Å². The topological polar surface area (TPSA) is 67.6 Å². The second-order valence-corrected chi connectivity index (χ2v) is 5.01. The first-order valence-electron chi connectivity index (χ1n) is 6.37. The number of carbonyl (C=O) groups is 1. The number of nitrogens with one attached hydrogen (secondary N) is 1. The summed E-state index contributed by atoms with van der Waals surface area (Å²) >= 11 is 0. The van der Waals surface area contributed by atoms with Crippen LogP contribution in [0.2, 0.25) is 0 Å². The molecule has 1 saturated heterocycles. The first-order valence-corrected chi connectivity index (χ1v) is 6.37. The summed E-state index contributed by atoms with van der Waals surface area (Å²) in [5, 5.41) is 2.91. The number of carbonyl (C=O) groups excluding carboxylic acids is 1. The largest absolute Gasteiger partial charge is 0.379 e. The van der Waals surface area contributed by atoms with Crippen molar-refractivity contribution in [3.63, 3.8) is 0 Å². The van der Waals surface area contributed by atoms with E-state index in [4.69, 9.17) is 10.5 Å². The van der Waals surface area contributed by atoms with E-state index >= 15 is 0 Å². The van der Waals surface area contributed by atoms with Crippen LogP contribution in [0.3, 0.4) is 0 Å². The fourth-order valence-electron chi connectivity index (χ4n) is 1.82. The van der Waals surface area contributed by atoms with Crippen LogP contribution in [-0.2, 0) is 9.53 Å². The Labute approximate surface area is 104 Å². The Morgan fingerprint density at radius 1 is 1.35 bits per heavy atom. The van der Waals surface area contributed by atoms with Crippen LogP contribution in [0.25, 0.3) is 0 Å². The highest BCUT2D eigenvalue weighted by atomic mass is 16.5. The Kier molecular flexibility index (Phi) is 5.88. The lowest BCUT2D eigenvalue weighted by atomic mass is 10.0. The smallest absolute Gasteiger partial charge is 0.237 e. The number of hydrogen-bond donors (Lipinski definition) is 2. The van der Waals surface area contributed by atoms with Gasteiger partial charge in [-0.1, -0.05) is 13.8 Å². The molecule has 0 aromatic heterocycles. The second kappa shape index (κ2) is 6.93. The molecule has 100 valence electrons. The molecule has 3 N–H and O–H groups in total. The van der Waals surface area contributed by atoms with E-state index in [1.165, 1.54) is 0 Å². The highest BCUT2D eigenvalue weighted by Crippen LogP contribution is 2.03. The molecule has 0 aromatic carbocycles. The summed E-state index contributed by atoms with van der Waals surface area (Å²) in [5.74, 6) is 0.119. The lowest BCUT2D eigenvalue weighted by Crippen LogP contribution is -2.50. The van der Waals surface area contributed by atoms with Crippen LogP contribution in [0.1, 0.15) is 20.8 Å². The molecule has 1 aliphatic rings. The van der Waals surface area contributed by atoms with E-state index in [0.29, 0.717) is 12.6 Å². The monoisotopic (exact) mass is 243 g/mol. The minimum atomic E-state index is -0.410. The summed E-state index contributed by atoms with van der Waals surface area (Å²) in [4.78, 5) is 14.0. The van der Waals surface area contributed by atoms with Crippen molar-refractivity contribution < 1.29 is 9.53 Å². The van der Waals surface area contributed by atoms with Crippen molar-refractivity contribution in [2.75, 3.05) is 32.8 Å². The van der Waals surface area contributed by atoms with E-state index in [1.807, 2.05) is 13.8 Å². The Bertz CT molecular complexity index is 240. The Hall–Kier alpha value is -0.650. The molecule has 0 aromatic rings. The van der Waals surface area contributed by atoms with E-state index in [0.717, 1.165) is 26.3 Å². The summed E-state index contributed by atoms with van der Waals surface area (Å²) in [6.07, 6.45) is 0. The van der Waals surface area contributed by atoms with Gasteiger partial charge in [-0.25, -0.2) is 0 Å². The van der Waals surface area contributed by atoms with Gasteiger partial charge in [-0.05, 0) is 12.8 Å². The maximum atomic E-state index is 11.7. The fourth-order valence-corrected chi connectivity index (χ4v) is 1.82. The molecule has 17 heavy (non-hydrogen) atoms. The van der Waals surface area contributed by atoms with Gasteiger partial charge in [0.15, 0.2) is 0 Å². The molecule has 0 aliphatic carbocycles. The van der Waals surface area contributed by atoms with E-state index in [9.17, 15) is 4.79 Å². The lowest BCUT2D eigenvalue weighted by Gasteiger charge is -2.32. The predicted molar refractivity (Wildman–Crippen MR) is 67.7 cm³/mol. The van der Waals surface area contributed by atoms with Gasteiger partial charge < -0.3 is 15.8 Å². The molecule has 1 heterocycles. The molecule has 2 atom stereocenters. The van der Waals surface area contributed by atoms with Crippen molar-refractivity contribution in [3.05, 3.63) is 0 Å². The maximum absolute atomic E-state index is 11.7. The average molecular weight is 243 g/mol. The molecule has 5 heteroatoms. The van der Waals surface area contributed by atoms with Gasteiger partial charge in [0.1, 0.15) is 0 Å². The van der Waals surface area contributed by atoms with Gasteiger partial charge in [0, 0.05) is 25.7 Å². The average Bonchev–Trinajstić information content (AvgIpc) is 2.35. The predicted octanol–water partition coefficient (Wildman–Crippen LogP) is -0.193. The maximum Gasteiger partial charge on any atom is 0.237 e. The lowest BCUT2D eigenvalue weighted by molar-refractivity contribution is -0.123. The van der Waals surface area contributed by atoms with Crippen molar-refractivity contribution in [2.45, 2.75) is 32.9 Å². The minimum Gasteiger partial charge on any atom is -0.379 e. The van der Waals surface area contributed by atoms with E-state index in [1.54, 1.807) is 0 Å². The molecular formula is C12H25N3O2. The van der Waals surface area contributed by atoms with Crippen LogP contribution in [0.15, 0.2) is 0 Å². The number of nitrogens with zero attached hydrogens (tertiary/aromatic N) is 1.